The van der Waals surface area contributed by atoms with Crippen molar-refractivity contribution < 1.29 is 4.79 Å². The molecule has 0 radical (unpaired) electrons. The number of hydrogen-bond donors (Lipinski definition) is 0. The molecule has 0 aliphatic carbocycles. The lowest BCUT2D eigenvalue weighted by atomic mass is 10.1. The van der Waals surface area contributed by atoms with Gasteiger partial charge in [0.1, 0.15) is 5.69 Å². The molecule has 0 saturated carbocycles. The third kappa shape index (κ3) is 2.92. The average molecular weight is 260 g/mol. The van der Waals surface area contributed by atoms with Crippen LogP contribution in [0, 0.1) is 0 Å². The van der Waals surface area contributed by atoms with Gasteiger partial charge >= 0.3 is 0 Å². The summed E-state index contributed by atoms with van der Waals surface area (Å²) in [6, 6.07) is 4.07. The molecule has 5 heteroatoms. The molecule has 0 fully saturated rings. The first kappa shape index (κ1) is 13.5. The number of nitrogens with zero attached hydrogens (tertiary/aromatic N) is 4. The third-order valence-corrected chi connectivity index (χ3v) is 3.11. The summed E-state index contributed by atoms with van der Waals surface area (Å²) in [4.78, 5) is 12.2. The van der Waals surface area contributed by atoms with Crippen molar-refractivity contribution >= 4 is 5.78 Å². The molecule has 0 spiro atoms. The summed E-state index contributed by atoms with van der Waals surface area (Å²) in [7, 11) is 1.80. The van der Waals surface area contributed by atoms with Crippen LogP contribution < -0.4 is 0 Å². The first-order valence-corrected chi connectivity index (χ1v) is 6.61. The van der Waals surface area contributed by atoms with Crippen molar-refractivity contribution in [2.45, 2.75) is 39.7 Å². The normalized spacial score (nSPS) is 11.2. The second-order valence-corrected chi connectivity index (χ2v) is 4.98. The van der Waals surface area contributed by atoms with E-state index in [1.54, 1.807) is 11.7 Å². The molecule has 2 rings (SSSR count). The van der Waals surface area contributed by atoms with Crippen molar-refractivity contribution in [3.63, 3.8) is 0 Å². The molecular weight excluding hydrogens is 240 g/mol. The fourth-order valence-corrected chi connectivity index (χ4v) is 1.97. The summed E-state index contributed by atoms with van der Waals surface area (Å²) < 4.78 is 3.52. The fraction of sp³-hybridized carbons (Fsp3) is 0.500. The Balaban J connectivity index is 2.13. The largest absolute Gasteiger partial charge is 0.292 e. The van der Waals surface area contributed by atoms with E-state index in [1.807, 2.05) is 29.9 Å². The maximum Gasteiger partial charge on any atom is 0.186 e. The van der Waals surface area contributed by atoms with Gasteiger partial charge in [0, 0.05) is 19.3 Å². The minimum absolute atomic E-state index is 0.0590. The predicted octanol–water partition coefficient (Wildman–Crippen LogP) is 2.19. The highest BCUT2D eigenvalue weighted by atomic mass is 16.1. The molecule has 19 heavy (non-hydrogen) atoms. The van der Waals surface area contributed by atoms with Crippen molar-refractivity contribution in [2.75, 3.05) is 0 Å². The Hall–Kier alpha value is -1.91. The van der Waals surface area contributed by atoms with E-state index in [2.05, 4.69) is 24.0 Å². The average Bonchev–Trinajstić information content (AvgIpc) is 2.95. The number of rotatable bonds is 5. The SMILES string of the molecule is CCc1cc(C(=O)Cc2ccn(C(C)C)n2)n(C)n1. The van der Waals surface area contributed by atoms with Gasteiger partial charge in [0.15, 0.2) is 5.78 Å². The first-order chi connectivity index (χ1) is 9.01. The van der Waals surface area contributed by atoms with Crippen LogP contribution in [0.2, 0.25) is 0 Å². The molecule has 0 saturated heterocycles. The molecule has 2 heterocycles. The Morgan fingerprint density at radius 1 is 1.32 bits per heavy atom. The zero-order valence-electron chi connectivity index (χ0n) is 11.9. The number of carbonyl (C=O) groups excluding carboxylic acids is 1. The van der Waals surface area contributed by atoms with E-state index in [9.17, 15) is 4.79 Å². The molecule has 2 aromatic rings. The minimum atomic E-state index is 0.0590. The standard InChI is InChI=1S/C14H20N4O/c1-5-11-8-13(17(4)15-11)14(19)9-12-6-7-18(16-12)10(2)3/h6-8,10H,5,9H2,1-4H3. The van der Waals surface area contributed by atoms with Gasteiger partial charge in [-0.3, -0.25) is 14.2 Å². The molecule has 0 atom stereocenters. The summed E-state index contributed by atoms with van der Waals surface area (Å²) >= 11 is 0. The summed E-state index contributed by atoms with van der Waals surface area (Å²) in [5, 5.41) is 8.69. The number of aryl methyl sites for hydroxylation is 2. The van der Waals surface area contributed by atoms with E-state index in [0.29, 0.717) is 18.2 Å². The van der Waals surface area contributed by atoms with Crippen molar-refractivity contribution in [2.24, 2.45) is 7.05 Å². The second kappa shape index (κ2) is 5.38. The van der Waals surface area contributed by atoms with Crippen LogP contribution in [-0.4, -0.2) is 25.3 Å². The lowest BCUT2D eigenvalue weighted by Crippen LogP contribution is -2.10. The van der Waals surface area contributed by atoms with Crippen LogP contribution >= 0.6 is 0 Å². The van der Waals surface area contributed by atoms with E-state index >= 15 is 0 Å². The molecule has 5 nitrogen and oxygen atoms in total. The maximum absolute atomic E-state index is 12.2. The van der Waals surface area contributed by atoms with Crippen LogP contribution in [0.4, 0.5) is 0 Å². The maximum atomic E-state index is 12.2. The summed E-state index contributed by atoms with van der Waals surface area (Å²) in [5.74, 6) is 0.0590. The lowest BCUT2D eigenvalue weighted by Gasteiger charge is -2.03. The van der Waals surface area contributed by atoms with Gasteiger partial charge in [0.25, 0.3) is 0 Å². The number of aromatic nitrogens is 4. The molecule has 2 aromatic heterocycles. The Kier molecular flexibility index (Phi) is 3.83. The van der Waals surface area contributed by atoms with Gasteiger partial charge in [-0.2, -0.15) is 10.2 Å². The highest BCUT2D eigenvalue weighted by Gasteiger charge is 2.15. The predicted molar refractivity (Wildman–Crippen MR) is 73.2 cm³/mol. The van der Waals surface area contributed by atoms with Crippen molar-refractivity contribution in [3.05, 3.63) is 35.4 Å². The molecular formula is C14H20N4O. The number of carbonyl (C=O) groups is 1. The van der Waals surface area contributed by atoms with Crippen LogP contribution in [0.25, 0.3) is 0 Å². The van der Waals surface area contributed by atoms with Gasteiger partial charge in [0.05, 0.1) is 17.8 Å². The Labute approximate surface area is 113 Å². The molecule has 0 unspecified atom stereocenters. The molecule has 0 bridgehead atoms. The van der Waals surface area contributed by atoms with E-state index in [1.165, 1.54) is 0 Å². The lowest BCUT2D eigenvalue weighted by molar-refractivity contribution is 0.0982. The molecule has 0 N–H and O–H groups in total. The zero-order valence-corrected chi connectivity index (χ0v) is 11.9. The topological polar surface area (TPSA) is 52.7 Å². The van der Waals surface area contributed by atoms with Crippen molar-refractivity contribution in [3.8, 4) is 0 Å². The number of Topliss-reactive ketones (excluding diaryl/α,β-unsaturated/α-hetero) is 1. The third-order valence-electron chi connectivity index (χ3n) is 3.11. The molecule has 102 valence electrons. The first-order valence-electron chi connectivity index (χ1n) is 6.61. The van der Waals surface area contributed by atoms with Gasteiger partial charge in [-0.15, -0.1) is 0 Å². The molecule has 0 aliphatic heterocycles. The molecule has 0 aliphatic rings. The minimum Gasteiger partial charge on any atom is -0.292 e. The summed E-state index contributed by atoms with van der Waals surface area (Å²) in [6.45, 7) is 6.15. The summed E-state index contributed by atoms with van der Waals surface area (Å²) in [6.07, 6.45) is 3.07. The Bertz CT molecular complexity index is 580. The highest BCUT2D eigenvalue weighted by molar-refractivity contribution is 5.95. The number of ketones is 1. The van der Waals surface area contributed by atoms with Crippen molar-refractivity contribution in [1.29, 1.82) is 0 Å². The van der Waals surface area contributed by atoms with E-state index in [0.717, 1.165) is 17.8 Å². The zero-order chi connectivity index (χ0) is 14.0. The fourth-order valence-electron chi connectivity index (χ4n) is 1.97. The molecule has 0 aromatic carbocycles. The smallest absolute Gasteiger partial charge is 0.186 e. The summed E-state index contributed by atoms with van der Waals surface area (Å²) in [5.41, 5.74) is 2.40. The van der Waals surface area contributed by atoms with Gasteiger partial charge in [-0.1, -0.05) is 6.92 Å². The van der Waals surface area contributed by atoms with Crippen LogP contribution in [0.1, 0.15) is 48.7 Å². The van der Waals surface area contributed by atoms with E-state index in [4.69, 9.17) is 0 Å². The van der Waals surface area contributed by atoms with E-state index in [-0.39, 0.29) is 5.78 Å². The highest BCUT2D eigenvalue weighted by Crippen LogP contribution is 2.10. The van der Waals surface area contributed by atoms with Crippen molar-refractivity contribution in [1.82, 2.24) is 19.6 Å². The Morgan fingerprint density at radius 2 is 2.05 bits per heavy atom. The van der Waals surface area contributed by atoms with Crippen LogP contribution in [0.3, 0.4) is 0 Å². The quantitative estimate of drug-likeness (QED) is 0.774. The Morgan fingerprint density at radius 3 is 2.58 bits per heavy atom. The van der Waals surface area contributed by atoms with E-state index < -0.39 is 0 Å². The number of hydrogen-bond acceptors (Lipinski definition) is 3. The second-order valence-electron chi connectivity index (χ2n) is 4.98. The van der Waals surface area contributed by atoms with Gasteiger partial charge in [-0.25, -0.2) is 0 Å². The van der Waals surface area contributed by atoms with Crippen LogP contribution in [0.5, 0.6) is 0 Å². The molecule has 0 amide bonds. The van der Waals surface area contributed by atoms with Gasteiger partial charge < -0.3 is 0 Å². The monoisotopic (exact) mass is 260 g/mol. The van der Waals surface area contributed by atoms with Crippen LogP contribution in [-0.2, 0) is 19.9 Å². The van der Waals surface area contributed by atoms with Gasteiger partial charge in [-0.05, 0) is 32.4 Å². The van der Waals surface area contributed by atoms with Crippen LogP contribution in [0.15, 0.2) is 18.3 Å². The van der Waals surface area contributed by atoms with Gasteiger partial charge in [0.2, 0.25) is 0 Å².